The topological polar surface area (TPSA) is 56.7 Å². The predicted octanol–water partition coefficient (Wildman–Crippen LogP) is 2.47. The molecule has 3 rings (SSSR count). The third-order valence-corrected chi connectivity index (χ3v) is 4.81. The Morgan fingerprint density at radius 3 is 2.73 bits per heavy atom. The highest BCUT2D eigenvalue weighted by Crippen LogP contribution is 2.23. The Labute approximate surface area is 133 Å². The average Bonchev–Trinajstić information content (AvgIpc) is 2.95. The minimum atomic E-state index is -0.870. The van der Waals surface area contributed by atoms with Crippen LogP contribution in [0, 0.1) is 6.92 Å². The lowest BCUT2D eigenvalue weighted by Crippen LogP contribution is -2.45. The van der Waals surface area contributed by atoms with Gasteiger partial charge in [0.2, 0.25) is 0 Å². The van der Waals surface area contributed by atoms with E-state index in [9.17, 15) is 4.79 Å². The molecule has 22 heavy (non-hydrogen) atoms. The number of aromatic carboxylic acids is 1. The number of aryl methyl sites for hydroxylation is 1. The molecule has 1 aliphatic rings. The number of piperazine rings is 1. The standard InChI is InChI=1S/C16H19N3O2S/c1-12-10-17-16(22-12)19-7-5-18(6-8-19)11-13-3-2-4-14(9-13)15(20)21/h2-4,9-10H,5-8,11H2,1H3,(H,20,21). The molecule has 0 aliphatic carbocycles. The summed E-state index contributed by atoms with van der Waals surface area (Å²) in [7, 11) is 0. The molecule has 0 bridgehead atoms. The first-order valence-corrected chi connectivity index (χ1v) is 8.15. The van der Waals surface area contributed by atoms with Crippen molar-refractivity contribution in [1.82, 2.24) is 9.88 Å². The minimum absolute atomic E-state index is 0.356. The van der Waals surface area contributed by atoms with Crippen molar-refractivity contribution in [1.29, 1.82) is 0 Å². The van der Waals surface area contributed by atoms with Crippen LogP contribution >= 0.6 is 11.3 Å². The molecular formula is C16H19N3O2S. The van der Waals surface area contributed by atoms with Gasteiger partial charge in [-0.3, -0.25) is 4.90 Å². The Kier molecular flexibility index (Phi) is 4.40. The third kappa shape index (κ3) is 3.45. The number of rotatable bonds is 4. The maximum Gasteiger partial charge on any atom is 0.335 e. The van der Waals surface area contributed by atoms with E-state index >= 15 is 0 Å². The summed E-state index contributed by atoms with van der Waals surface area (Å²) in [5.74, 6) is -0.870. The predicted molar refractivity (Wildman–Crippen MR) is 87.7 cm³/mol. The van der Waals surface area contributed by atoms with Gasteiger partial charge in [-0.15, -0.1) is 11.3 Å². The van der Waals surface area contributed by atoms with Crippen LogP contribution in [0.5, 0.6) is 0 Å². The van der Waals surface area contributed by atoms with Crippen LogP contribution in [0.15, 0.2) is 30.5 Å². The quantitative estimate of drug-likeness (QED) is 0.939. The van der Waals surface area contributed by atoms with Crippen molar-refractivity contribution < 1.29 is 9.90 Å². The molecule has 0 atom stereocenters. The van der Waals surface area contributed by atoms with Gasteiger partial charge in [0.25, 0.3) is 0 Å². The van der Waals surface area contributed by atoms with Crippen molar-refractivity contribution in [2.45, 2.75) is 13.5 Å². The van der Waals surface area contributed by atoms with Gasteiger partial charge in [0.05, 0.1) is 5.56 Å². The maximum atomic E-state index is 11.0. The van der Waals surface area contributed by atoms with Crippen LogP contribution in [0.4, 0.5) is 5.13 Å². The number of hydrogen-bond donors (Lipinski definition) is 1. The van der Waals surface area contributed by atoms with Crippen LogP contribution in [-0.4, -0.2) is 47.1 Å². The lowest BCUT2D eigenvalue weighted by Gasteiger charge is -2.34. The van der Waals surface area contributed by atoms with Gasteiger partial charge in [-0.1, -0.05) is 12.1 Å². The number of hydrogen-bond acceptors (Lipinski definition) is 5. The summed E-state index contributed by atoms with van der Waals surface area (Å²) in [6, 6.07) is 7.20. The van der Waals surface area contributed by atoms with E-state index in [1.54, 1.807) is 23.5 Å². The number of benzene rings is 1. The lowest BCUT2D eigenvalue weighted by atomic mass is 10.1. The minimum Gasteiger partial charge on any atom is -0.478 e. The fourth-order valence-corrected chi connectivity index (χ4v) is 3.46. The molecule has 116 valence electrons. The number of carbonyl (C=O) groups is 1. The normalized spacial score (nSPS) is 16.0. The van der Waals surface area contributed by atoms with Gasteiger partial charge in [-0.2, -0.15) is 0 Å². The Morgan fingerprint density at radius 2 is 2.09 bits per heavy atom. The number of aromatic nitrogens is 1. The van der Waals surface area contributed by atoms with Crippen LogP contribution in [0.1, 0.15) is 20.8 Å². The Hall–Kier alpha value is -1.92. The van der Waals surface area contributed by atoms with E-state index in [1.165, 1.54) is 4.88 Å². The first-order chi connectivity index (χ1) is 10.6. The van der Waals surface area contributed by atoms with Crippen LogP contribution in [0.2, 0.25) is 0 Å². The molecule has 0 amide bonds. The summed E-state index contributed by atoms with van der Waals surface area (Å²) in [5.41, 5.74) is 1.41. The molecule has 6 heteroatoms. The summed E-state index contributed by atoms with van der Waals surface area (Å²) in [6.45, 7) is 6.74. The molecule has 1 N–H and O–H groups in total. The second-order valence-electron chi connectivity index (χ2n) is 5.52. The summed E-state index contributed by atoms with van der Waals surface area (Å²) in [6.07, 6.45) is 1.92. The van der Waals surface area contributed by atoms with E-state index in [2.05, 4.69) is 21.7 Å². The average molecular weight is 317 g/mol. The number of carboxylic acids is 1. The molecule has 0 unspecified atom stereocenters. The van der Waals surface area contributed by atoms with Gasteiger partial charge in [-0.25, -0.2) is 9.78 Å². The van der Waals surface area contributed by atoms with Crippen molar-refractivity contribution in [3.63, 3.8) is 0 Å². The Bertz CT molecular complexity index is 663. The zero-order valence-corrected chi connectivity index (χ0v) is 13.3. The second-order valence-corrected chi connectivity index (χ2v) is 6.74. The van der Waals surface area contributed by atoms with Gasteiger partial charge >= 0.3 is 5.97 Å². The zero-order valence-electron chi connectivity index (χ0n) is 12.5. The molecule has 1 fully saturated rings. The summed E-state index contributed by atoms with van der Waals surface area (Å²) in [5, 5.41) is 10.2. The molecule has 2 heterocycles. The number of carboxylic acid groups (broad SMARTS) is 1. The SMILES string of the molecule is Cc1cnc(N2CCN(Cc3cccc(C(=O)O)c3)CC2)s1. The number of thiazole rings is 1. The highest BCUT2D eigenvalue weighted by Gasteiger charge is 2.19. The summed E-state index contributed by atoms with van der Waals surface area (Å²) >= 11 is 1.74. The van der Waals surface area contributed by atoms with Crippen LogP contribution < -0.4 is 4.90 Å². The fourth-order valence-electron chi connectivity index (χ4n) is 2.65. The maximum absolute atomic E-state index is 11.0. The highest BCUT2D eigenvalue weighted by molar-refractivity contribution is 7.15. The molecule has 0 saturated carbocycles. The molecule has 1 aromatic heterocycles. The Balaban J connectivity index is 1.58. The third-order valence-electron chi connectivity index (χ3n) is 3.83. The van der Waals surface area contributed by atoms with Crippen molar-refractivity contribution in [2.24, 2.45) is 0 Å². The molecule has 1 aromatic carbocycles. The fraction of sp³-hybridized carbons (Fsp3) is 0.375. The van der Waals surface area contributed by atoms with E-state index < -0.39 is 5.97 Å². The van der Waals surface area contributed by atoms with Gasteiger partial charge in [0, 0.05) is 43.8 Å². The molecule has 5 nitrogen and oxygen atoms in total. The zero-order chi connectivity index (χ0) is 15.5. The summed E-state index contributed by atoms with van der Waals surface area (Å²) in [4.78, 5) is 21.4. The molecule has 1 saturated heterocycles. The molecule has 0 radical (unpaired) electrons. The molecule has 2 aromatic rings. The number of anilines is 1. The van der Waals surface area contributed by atoms with Crippen molar-refractivity contribution in [3.05, 3.63) is 46.5 Å². The van der Waals surface area contributed by atoms with Gasteiger partial charge < -0.3 is 10.0 Å². The summed E-state index contributed by atoms with van der Waals surface area (Å²) < 4.78 is 0. The highest BCUT2D eigenvalue weighted by atomic mass is 32.1. The second kappa shape index (κ2) is 6.46. The number of nitrogens with zero attached hydrogens (tertiary/aromatic N) is 3. The van der Waals surface area contributed by atoms with Crippen LogP contribution in [-0.2, 0) is 6.54 Å². The van der Waals surface area contributed by atoms with Crippen LogP contribution in [0.3, 0.4) is 0 Å². The van der Waals surface area contributed by atoms with E-state index in [1.807, 2.05) is 18.3 Å². The van der Waals surface area contributed by atoms with Crippen molar-refractivity contribution in [2.75, 3.05) is 31.1 Å². The first-order valence-electron chi connectivity index (χ1n) is 7.34. The molecule has 1 aliphatic heterocycles. The van der Waals surface area contributed by atoms with Gasteiger partial charge in [0.15, 0.2) is 5.13 Å². The lowest BCUT2D eigenvalue weighted by molar-refractivity contribution is 0.0696. The van der Waals surface area contributed by atoms with E-state index in [4.69, 9.17) is 5.11 Å². The smallest absolute Gasteiger partial charge is 0.335 e. The van der Waals surface area contributed by atoms with E-state index in [-0.39, 0.29) is 0 Å². The van der Waals surface area contributed by atoms with Crippen molar-refractivity contribution in [3.8, 4) is 0 Å². The first kappa shape index (κ1) is 15.0. The van der Waals surface area contributed by atoms with Gasteiger partial charge in [0.1, 0.15) is 0 Å². The Morgan fingerprint density at radius 1 is 1.32 bits per heavy atom. The van der Waals surface area contributed by atoms with Crippen LogP contribution in [0.25, 0.3) is 0 Å². The monoisotopic (exact) mass is 317 g/mol. The van der Waals surface area contributed by atoms with E-state index in [0.29, 0.717) is 5.56 Å². The van der Waals surface area contributed by atoms with E-state index in [0.717, 1.165) is 43.4 Å². The molecular weight excluding hydrogens is 298 g/mol. The van der Waals surface area contributed by atoms with Crippen molar-refractivity contribution >= 4 is 22.4 Å². The van der Waals surface area contributed by atoms with Gasteiger partial charge in [-0.05, 0) is 24.6 Å². The largest absolute Gasteiger partial charge is 0.478 e. The molecule has 0 spiro atoms.